The summed E-state index contributed by atoms with van der Waals surface area (Å²) in [4.78, 5) is 37.8. The predicted octanol–water partition coefficient (Wildman–Crippen LogP) is 5.70. The molecule has 7 nitrogen and oxygen atoms in total. The molecule has 0 fully saturated rings. The number of ether oxygens (including phenoxy) is 3. The first kappa shape index (κ1) is 25.9. The maximum Gasteiger partial charge on any atom is 0.348 e. The van der Waals surface area contributed by atoms with Gasteiger partial charge in [-0.15, -0.1) is 11.3 Å². The number of hydrogen-bond donors (Lipinski definition) is 1. The van der Waals surface area contributed by atoms with Crippen molar-refractivity contribution in [2.75, 3.05) is 18.5 Å². The Morgan fingerprint density at radius 2 is 1.81 bits per heavy atom. The number of hydrogen-bond acceptors (Lipinski definition) is 7. The summed E-state index contributed by atoms with van der Waals surface area (Å²) < 4.78 is 17.0. The van der Waals surface area contributed by atoms with E-state index < -0.39 is 17.8 Å². The number of amides is 1. The molecule has 0 aliphatic rings. The van der Waals surface area contributed by atoms with Gasteiger partial charge >= 0.3 is 11.9 Å². The third-order valence-corrected chi connectivity index (χ3v) is 6.04. The van der Waals surface area contributed by atoms with Crippen LogP contribution in [0.3, 0.4) is 0 Å². The summed E-state index contributed by atoms with van der Waals surface area (Å²) in [6.45, 7) is 10.8. The minimum absolute atomic E-state index is 0.146. The number of halogens is 1. The van der Waals surface area contributed by atoms with E-state index in [2.05, 4.69) is 21.2 Å². The van der Waals surface area contributed by atoms with Crippen molar-refractivity contribution in [3.05, 3.63) is 44.2 Å². The van der Waals surface area contributed by atoms with Gasteiger partial charge in [0, 0.05) is 4.47 Å². The summed E-state index contributed by atoms with van der Waals surface area (Å²) >= 11 is 4.42. The number of benzene rings is 1. The molecule has 0 bridgehead atoms. The topological polar surface area (TPSA) is 90.9 Å². The Labute approximate surface area is 200 Å². The van der Waals surface area contributed by atoms with Gasteiger partial charge in [-0.1, -0.05) is 29.8 Å². The number of esters is 2. The van der Waals surface area contributed by atoms with E-state index in [1.54, 1.807) is 33.8 Å². The molecule has 9 heteroatoms. The highest BCUT2D eigenvalue weighted by atomic mass is 79.9. The third kappa shape index (κ3) is 6.56. The number of anilines is 1. The second-order valence-electron chi connectivity index (χ2n) is 7.61. The van der Waals surface area contributed by atoms with Crippen LogP contribution >= 0.6 is 27.3 Å². The number of nitrogens with one attached hydrogen (secondary N) is 1. The lowest BCUT2D eigenvalue weighted by atomic mass is 10.0. The van der Waals surface area contributed by atoms with Crippen molar-refractivity contribution in [2.45, 2.75) is 53.6 Å². The van der Waals surface area contributed by atoms with Crippen molar-refractivity contribution in [3.63, 3.8) is 0 Å². The highest BCUT2D eigenvalue weighted by Gasteiger charge is 2.28. The third-order valence-electron chi connectivity index (χ3n) is 4.36. The van der Waals surface area contributed by atoms with E-state index in [0.717, 1.165) is 21.4 Å². The van der Waals surface area contributed by atoms with Gasteiger partial charge in [0.05, 0.1) is 18.3 Å². The lowest BCUT2D eigenvalue weighted by molar-refractivity contribution is -0.118. The van der Waals surface area contributed by atoms with Crippen LogP contribution in [0.2, 0.25) is 0 Å². The molecule has 2 aromatic rings. The van der Waals surface area contributed by atoms with Crippen LogP contribution in [0.15, 0.2) is 22.7 Å². The molecule has 0 aliphatic heterocycles. The van der Waals surface area contributed by atoms with Crippen molar-refractivity contribution in [1.82, 2.24) is 0 Å². The smallest absolute Gasteiger partial charge is 0.348 e. The average molecular weight is 526 g/mol. The summed E-state index contributed by atoms with van der Waals surface area (Å²) in [5.74, 6) is -0.821. The van der Waals surface area contributed by atoms with Crippen molar-refractivity contribution in [1.29, 1.82) is 0 Å². The van der Waals surface area contributed by atoms with Crippen molar-refractivity contribution in [3.8, 4) is 5.75 Å². The fourth-order valence-electron chi connectivity index (χ4n) is 2.92. The van der Waals surface area contributed by atoms with Crippen LogP contribution in [0.4, 0.5) is 5.00 Å². The Morgan fingerprint density at radius 1 is 1.12 bits per heavy atom. The van der Waals surface area contributed by atoms with Crippen LogP contribution < -0.4 is 10.1 Å². The highest BCUT2D eigenvalue weighted by Crippen LogP contribution is 2.35. The van der Waals surface area contributed by atoms with Gasteiger partial charge in [0.2, 0.25) is 0 Å². The summed E-state index contributed by atoms with van der Waals surface area (Å²) in [5.41, 5.74) is 1.52. The molecule has 0 unspecified atom stereocenters. The molecule has 174 valence electrons. The molecule has 1 aromatic carbocycles. The van der Waals surface area contributed by atoms with Crippen LogP contribution in [-0.2, 0) is 14.3 Å². The normalized spacial score (nSPS) is 10.9. The number of carbonyl (C=O) groups excluding carboxylic acids is 3. The van der Waals surface area contributed by atoms with E-state index in [-0.39, 0.29) is 40.7 Å². The zero-order valence-electron chi connectivity index (χ0n) is 19.0. The molecule has 0 saturated carbocycles. The van der Waals surface area contributed by atoms with E-state index in [4.69, 9.17) is 14.2 Å². The standard InChI is InChI=1S/C23H28BrNO6S/c1-7-29-22(27)19-14(6)20(23(28)31-13(4)5)32-21(19)25-18(26)11-30-17-9-8-15(24)10-16(17)12(2)3/h8-10,12-13H,7,11H2,1-6H3,(H,25,26). The monoisotopic (exact) mass is 525 g/mol. The first-order valence-electron chi connectivity index (χ1n) is 10.3. The van der Waals surface area contributed by atoms with Gasteiger partial charge in [-0.25, -0.2) is 9.59 Å². The molecule has 0 saturated heterocycles. The minimum Gasteiger partial charge on any atom is -0.483 e. The maximum atomic E-state index is 12.6. The molecule has 0 atom stereocenters. The molecule has 0 spiro atoms. The predicted molar refractivity (Wildman–Crippen MR) is 128 cm³/mol. The van der Waals surface area contributed by atoms with Crippen LogP contribution in [-0.4, -0.2) is 37.2 Å². The Balaban J connectivity index is 2.24. The highest BCUT2D eigenvalue weighted by molar-refractivity contribution is 9.10. The fraction of sp³-hybridized carbons (Fsp3) is 0.435. The van der Waals surface area contributed by atoms with Crippen LogP contribution in [0, 0.1) is 6.92 Å². The molecular formula is C23H28BrNO6S. The van der Waals surface area contributed by atoms with E-state index in [0.29, 0.717) is 11.3 Å². The maximum absolute atomic E-state index is 12.6. The quantitative estimate of drug-likeness (QED) is 0.422. The molecule has 1 heterocycles. The largest absolute Gasteiger partial charge is 0.483 e. The second-order valence-corrected chi connectivity index (χ2v) is 9.54. The van der Waals surface area contributed by atoms with Crippen molar-refractivity contribution < 1.29 is 28.6 Å². The Morgan fingerprint density at radius 3 is 2.41 bits per heavy atom. The summed E-state index contributed by atoms with van der Waals surface area (Å²) in [5, 5.41) is 2.91. The molecule has 1 aromatic heterocycles. The van der Waals surface area contributed by atoms with Gasteiger partial charge in [-0.2, -0.15) is 0 Å². The fourth-order valence-corrected chi connectivity index (χ4v) is 4.39. The molecule has 1 N–H and O–H groups in total. The van der Waals surface area contributed by atoms with Gasteiger partial charge < -0.3 is 19.5 Å². The summed E-state index contributed by atoms with van der Waals surface area (Å²) in [7, 11) is 0. The van der Waals surface area contributed by atoms with E-state index in [9.17, 15) is 14.4 Å². The lowest BCUT2D eigenvalue weighted by Crippen LogP contribution is -2.21. The van der Waals surface area contributed by atoms with Gasteiger partial charge in [-0.05, 0) is 62.9 Å². The van der Waals surface area contributed by atoms with Gasteiger partial charge in [0.15, 0.2) is 6.61 Å². The lowest BCUT2D eigenvalue weighted by Gasteiger charge is -2.14. The van der Waals surface area contributed by atoms with Crippen LogP contribution in [0.1, 0.15) is 71.7 Å². The summed E-state index contributed by atoms with van der Waals surface area (Å²) in [6, 6.07) is 5.59. The molecule has 1 amide bonds. The molecule has 0 radical (unpaired) electrons. The van der Waals surface area contributed by atoms with Gasteiger partial charge in [-0.3, -0.25) is 4.79 Å². The Kier molecular flexibility index (Phi) is 9.27. The number of rotatable bonds is 9. The summed E-state index contributed by atoms with van der Waals surface area (Å²) in [6.07, 6.45) is -0.317. The molecular weight excluding hydrogens is 498 g/mol. The molecule has 32 heavy (non-hydrogen) atoms. The zero-order chi connectivity index (χ0) is 24.0. The van der Waals surface area contributed by atoms with E-state index >= 15 is 0 Å². The first-order chi connectivity index (χ1) is 15.0. The zero-order valence-corrected chi connectivity index (χ0v) is 21.4. The van der Waals surface area contributed by atoms with Gasteiger partial charge in [0.1, 0.15) is 15.6 Å². The van der Waals surface area contributed by atoms with E-state index in [1.807, 2.05) is 26.0 Å². The van der Waals surface area contributed by atoms with Crippen LogP contribution in [0.25, 0.3) is 0 Å². The number of carbonyl (C=O) groups is 3. The molecule has 0 aliphatic carbocycles. The second kappa shape index (κ2) is 11.5. The van der Waals surface area contributed by atoms with Gasteiger partial charge in [0.25, 0.3) is 5.91 Å². The van der Waals surface area contributed by atoms with Crippen molar-refractivity contribution in [2.24, 2.45) is 0 Å². The Bertz CT molecular complexity index is 999. The van der Waals surface area contributed by atoms with Crippen molar-refractivity contribution >= 4 is 50.1 Å². The SMILES string of the molecule is CCOC(=O)c1c(NC(=O)COc2ccc(Br)cc2C(C)C)sc(C(=O)OC(C)C)c1C. The molecule has 2 rings (SSSR count). The average Bonchev–Trinajstić information content (AvgIpc) is 3.02. The minimum atomic E-state index is -0.615. The number of thiophene rings is 1. The first-order valence-corrected chi connectivity index (χ1v) is 11.9. The van der Waals surface area contributed by atoms with E-state index in [1.165, 1.54) is 0 Å². The Hall–Kier alpha value is -2.39. The van der Waals surface area contributed by atoms with Crippen LogP contribution in [0.5, 0.6) is 5.75 Å².